The Balaban J connectivity index is 2.14. The van der Waals surface area contributed by atoms with Crippen molar-refractivity contribution in [3.05, 3.63) is 0 Å². The quantitative estimate of drug-likeness (QED) is 0.518. The van der Waals surface area contributed by atoms with E-state index in [0.29, 0.717) is 0 Å². The number of carbonyl (C=O) groups is 2. The summed E-state index contributed by atoms with van der Waals surface area (Å²) < 4.78 is 21.8. The Bertz CT molecular complexity index is 544. The van der Waals surface area contributed by atoms with Gasteiger partial charge < -0.3 is 39.6 Å². The zero-order valence-corrected chi connectivity index (χ0v) is 15.5. The van der Waals surface area contributed by atoms with Crippen molar-refractivity contribution in [2.24, 2.45) is 0 Å². The Kier molecular flexibility index (Phi) is 5.83. The molecule has 2 aliphatic heterocycles. The molecule has 150 valence electrons. The third kappa shape index (κ3) is 5.04. The van der Waals surface area contributed by atoms with Crippen LogP contribution in [0.25, 0.3) is 0 Å². The summed E-state index contributed by atoms with van der Waals surface area (Å²) >= 11 is 0. The minimum atomic E-state index is -1.52. The number of aliphatic hydroxyl groups is 2. The van der Waals surface area contributed by atoms with Crippen molar-refractivity contribution in [3.8, 4) is 0 Å². The fraction of sp³-hybridized carbons (Fsp3) is 0.875. The van der Waals surface area contributed by atoms with Crippen LogP contribution < -0.4 is 5.32 Å². The molecule has 0 saturated carbocycles. The van der Waals surface area contributed by atoms with Gasteiger partial charge in [0, 0.05) is 0 Å². The van der Waals surface area contributed by atoms with Gasteiger partial charge in [0.1, 0.15) is 23.9 Å². The van der Waals surface area contributed by atoms with Crippen LogP contribution in [-0.4, -0.2) is 75.5 Å². The molecule has 0 unspecified atom stereocenters. The summed E-state index contributed by atoms with van der Waals surface area (Å²) in [6.07, 6.45) is -7.16. The molecule has 2 aliphatic rings. The number of aliphatic carboxylic acids is 1. The number of nitrogens with one attached hydrogen (secondary N) is 1. The van der Waals surface area contributed by atoms with E-state index in [1.165, 1.54) is 0 Å². The van der Waals surface area contributed by atoms with Gasteiger partial charge in [-0.2, -0.15) is 0 Å². The molecule has 6 atom stereocenters. The highest BCUT2D eigenvalue weighted by atomic mass is 16.8. The van der Waals surface area contributed by atoms with Gasteiger partial charge >= 0.3 is 12.1 Å². The summed E-state index contributed by atoms with van der Waals surface area (Å²) in [5.74, 6) is -2.22. The van der Waals surface area contributed by atoms with E-state index in [1.807, 2.05) is 0 Å². The van der Waals surface area contributed by atoms with Gasteiger partial charge in [0.15, 0.2) is 12.1 Å². The van der Waals surface area contributed by atoms with Gasteiger partial charge in [0.2, 0.25) is 0 Å². The highest BCUT2D eigenvalue weighted by molar-refractivity contribution is 5.69. The third-order valence-electron chi connectivity index (χ3n) is 3.89. The number of carboxylic acids is 1. The number of hydrogen-bond donors (Lipinski definition) is 4. The molecule has 2 rings (SSSR count). The van der Waals surface area contributed by atoms with Crippen molar-refractivity contribution < 1.29 is 43.9 Å². The summed E-state index contributed by atoms with van der Waals surface area (Å²) in [6.45, 7) is 8.29. The highest BCUT2D eigenvalue weighted by Crippen LogP contribution is 2.38. The van der Waals surface area contributed by atoms with Crippen LogP contribution in [0.5, 0.6) is 0 Å². The van der Waals surface area contributed by atoms with Crippen LogP contribution in [0.3, 0.4) is 0 Å². The summed E-state index contributed by atoms with van der Waals surface area (Å²) in [7, 11) is 0. The van der Waals surface area contributed by atoms with E-state index in [9.17, 15) is 19.8 Å². The van der Waals surface area contributed by atoms with Crippen LogP contribution >= 0.6 is 0 Å². The van der Waals surface area contributed by atoms with Gasteiger partial charge in [0.05, 0.1) is 18.6 Å². The molecule has 0 spiro atoms. The molecule has 4 N–H and O–H groups in total. The Morgan fingerprint density at radius 3 is 2.38 bits per heavy atom. The fourth-order valence-electron chi connectivity index (χ4n) is 2.96. The zero-order chi connectivity index (χ0) is 19.9. The first-order chi connectivity index (χ1) is 11.8. The van der Waals surface area contributed by atoms with Crippen LogP contribution in [0, 0.1) is 0 Å². The Morgan fingerprint density at radius 2 is 1.88 bits per heavy atom. The average Bonchev–Trinajstić information content (AvgIpc) is 2.87. The number of aliphatic hydroxyl groups excluding tert-OH is 2. The first-order valence-electron chi connectivity index (χ1n) is 8.37. The largest absolute Gasteiger partial charge is 0.481 e. The molecule has 0 aromatic carbocycles. The normalized spacial score (nSPS) is 32.6. The molecular weight excluding hydrogens is 350 g/mol. The first-order valence-corrected chi connectivity index (χ1v) is 8.37. The van der Waals surface area contributed by atoms with Crippen molar-refractivity contribution in [1.82, 2.24) is 5.32 Å². The predicted octanol–water partition coefficient (Wildman–Crippen LogP) is -0.0474. The maximum Gasteiger partial charge on any atom is 0.408 e. The molecule has 1 amide bonds. The number of ether oxygens (including phenoxy) is 4. The molecule has 0 aromatic rings. The number of rotatable bonds is 5. The fourth-order valence-corrected chi connectivity index (χ4v) is 2.96. The maximum atomic E-state index is 12.1. The lowest BCUT2D eigenvalue weighted by molar-refractivity contribution is -0.220. The summed E-state index contributed by atoms with van der Waals surface area (Å²) in [5.41, 5.74) is -0.797. The van der Waals surface area contributed by atoms with Crippen LogP contribution in [-0.2, 0) is 23.7 Å². The number of amides is 1. The van der Waals surface area contributed by atoms with E-state index in [-0.39, 0.29) is 0 Å². The van der Waals surface area contributed by atoms with Crippen LogP contribution in [0.1, 0.15) is 41.0 Å². The number of alkyl carbamates (subject to hydrolysis) is 1. The first kappa shape index (κ1) is 20.8. The molecule has 10 heteroatoms. The van der Waals surface area contributed by atoms with Crippen molar-refractivity contribution in [3.63, 3.8) is 0 Å². The summed E-state index contributed by atoms with van der Waals surface area (Å²) in [4.78, 5) is 23.0. The highest BCUT2D eigenvalue weighted by Gasteiger charge is 2.57. The summed E-state index contributed by atoms with van der Waals surface area (Å²) in [6, 6.07) is -1.24. The zero-order valence-electron chi connectivity index (χ0n) is 15.5. The Morgan fingerprint density at radius 1 is 1.27 bits per heavy atom. The van der Waals surface area contributed by atoms with Crippen molar-refractivity contribution in [2.75, 3.05) is 0 Å². The SMILES string of the molecule is CC(C)(C)OC(=O)N[C@@H]([C@H]1O[C@@H]2OC(C)(C)O[C@@H]2[C@H]1O)[C@@H](O)CC(=O)O. The third-order valence-corrected chi connectivity index (χ3v) is 3.89. The molecule has 0 radical (unpaired) electrons. The van der Waals surface area contributed by atoms with Crippen molar-refractivity contribution in [2.45, 2.75) is 89.2 Å². The average molecular weight is 377 g/mol. The van der Waals surface area contributed by atoms with Gasteiger partial charge in [-0.1, -0.05) is 0 Å². The maximum absolute atomic E-state index is 12.1. The van der Waals surface area contributed by atoms with E-state index >= 15 is 0 Å². The Hall–Kier alpha value is -1.46. The second-order valence-corrected chi connectivity index (χ2v) is 7.90. The number of fused-ring (bicyclic) bond motifs is 1. The molecule has 0 bridgehead atoms. The van der Waals surface area contributed by atoms with Gasteiger partial charge in [-0.25, -0.2) is 4.79 Å². The second-order valence-electron chi connectivity index (χ2n) is 7.90. The smallest absolute Gasteiger partial charge is 0.408 e. The molecule has 2 fully saturated rings. The van der Waals surface area contributed by atoms with Gasteiger partial charge in [-0.15, -0.1) is 0 Å². The van der Waals surface area contributed by atoms with Gasteiger partial charge in [-0.3, -0.25) is 4.79 Å². The van der Waals surface area contributed by atoms with Crippen LogP contribution in [0.2, 0.25) is 0 Å². The number of carbonyl (C=O) groups excluding carboxylic acids is 1. The van der Waals surface area contributed by atoms with Crippen molar-refractivity contribution in [1.29, 1.82) is 0 Å². The van der Waals surface area contributed by atoms with Crippen LogP contribution in [0.15, 0.2) is 0 Å². The molecular formula is C16H27NO9. The molecule has 26 heavy (non-hydrogen) atoms. The monoisotopic (exact) mass is 377 g/mol. The van der Waals surface area contributed by atoms with E-state index in [4.69, 9.17) is 24.1 Å². The number of carboxylic acid groups (broad SMARTS) is 1. The minimum absolute atomic E-state index is 0.657. The van der Waals surface area contributed by atoms with Crippen molar-refractivity contribution >= 4 is 12.1 Å². The molecule has 10 nitrogen and oxygen atoms in total. The van der Waals surface area contributed by atoms with Gasteiger partial charge in [0.25, 0.3) is 0 Å². The lowest BCUT2D eigenvalue weighted by Crippen LogP contribution is -2.56. The van der Waals surface area contributed by atoms with Gasteiger partial charge in [-0.05, 0) is 34.6 Å². The lowest BCUT2D eigenvalue weighted by atomic mass is 9.97. The topological polar surface area (TPSA) is 144 Å². The second kappa shape index (κ2) is 7.28. The van der Waals surface area contributed by atoms with Crippen LogP contribution in [0.4, 0.5) is 4.79 Å². The van der Waals surface area contributed by atoms with E-state index < -0.39 is 66.6 Å². The molecule has 2 heterocycles. The minimum Gasteiger partial charge on any atom is -0.481 e. The molecule has 0 aliphatic carbocycles. The lowest BCUT2D eigenvalue weighted by Gasteiger charge is -2.32. The molecule has 2 saturated heterocycles. The van der Waals surface area contributed by atoms with E-state index in [2.05, 4.69) is 5.32 Å². The van der Waals surface area contributed by atoms with E-state index in [1.54, 1.807) is 34.6 Å². The molecule has 0 aromatic heterocycles. The van der Waals surface area contributed by atoms with E-state index in [0.717, 1.165) is 0 Å². The number of hydrogen-bond acceptors (Lipinski definition) is 8. The Labute approximate surface area is 151 Å². The summed E-state index contributed by atoms with van der Waals surface area (Å²) in [5, 5.41) is 32.1. The standard InChI is InChI=1S/C16H27NO9/c1-15(2,3)26-14(22)17-9(7(18)6-8(19)20)11-10(21)12-13(23-11)25-16(4,5)24-12/h7,9-13,18,21H,6H2,1-5H3,(H,17,22)(H,19,20)/t7-,9+,10-,11+,12+,13+/m0/s1. The predicted molar refractivity (Wildman–Crippen MR) is 86.1 cm³/mol.